The fourth-order valence-corrected chi connectivity index (χ4v) is 4.00. The van der Waals surface area contributed by atoms with Crippen LogP contribution in [0, 0.1) is 6.92 Å². The zero-order valence-electron chi connectivity index (χ0n) is 14.6. The highest BCUT2D eigenvalue weighted by molar-refractivity contribution is 7.99. The van der Waals surface area contributed by atoms with E-state index in [1.807, 2.05) is 43.3 Å². The highest BCUT2D eigenvalue weighted by atomic mass is 32.2. The molecule has 0 radical (unpaired) electrons. The number of carbonyl (C=O) groups is 1. The fourth-order valence-electron chi connectivity index (χ4n) is 2.36. The summed E-state index contributed by atoms with van der Waals surface area (Å²) in [7, 11) is 1.64. The Labute approximate surface area is 160 Å². The number of aromatic nitrogens is 2. The monoisotopic (exact) mass is 385 g/mol. The van der Waals surface area contributed by atoms with Gasteiger partial charge in [0.25, 0.3) is 0 Å². The molecule has 2 heterocycles. The second-order valence-electron chi connectivity index (χ2n) is 5.55. The maximum atomic E-state index is 12.1. The van der Waals surface area contributed by atoms with Gasteiger partial charge < -0.3 is 10.1 Å². The molecule has 3 aromatic rings. The summed E-state index contributed by atoms with van der Waals surface area (Å²) in [6.07, 6.45) is 3.52. The number of ether oxygens (including phenoxy) is 1. The largest absolute Gasteiger partial charge is 0.497 e. The van der Waals surface area contributed by atoms with Gasteiger partial charge in [-0.3, -0.25) is 9.78 Å². The van der Waals surface area contributed by atoms with Crippen molar-refractivity contribution in [1.29, 1.82) is 0 Å². The van der Waals surface area contributed by atoms with Crippen molar-refractivity contribution in [3.05, 3.63) is 59.2 Å². The lowest BCUT2D eigenvalue weighted by Crippen LogP contribution is -2.13. The molecule has 5 nitrogen and oxygen atoms in total. The highest BCUT2D eigenvalue weighted by Gasteiger charge is 2.12. The quantitative estimate of drug-likeness (QED) is 0.653. The maximum absolute atomic E-state index is 12.1. The SMILES string of the molecule is COc1ccc(-c2nc(NC(=O)CSCc3ccncc3)sc2C)cc1. The number of aryl methyl sites for hydroxylation is 1. The second-order valence-corrected chi connectivity index (χ2v) is 7.74. The average molecular weight is 386 g/mol. The Kier molecular flexibility index (Phi) is 6.25. The lowest BCUT2D eigenvalue weighted by atomic mass is 10.1. The van der Waals surface area contributed by atoms with Gasteiger partial charge in [0.15, 0.2) is 5.13 Å². The van der Waals surface area contributed by atoms with Gasteiger partial charge in [-0.05, 0) is 48.9 Å². The Morgan fingerprint density at radius 1 is 1.19 bits per heavy atom. The third-order valence-electron chi connectivity index (χ3n) is 3.66. The molecule has 0 spiro atoms. The molecule has 134 valence electrons. The van der Waals surface area contributed by atoms with Gasteiger partial charge in [0, 0.05) is 28.6 Å². The van der Waals surface area contributed by atoms with Crippen LogP contribution in [0.1, 0.15) is 10.4 Å². The number of hydrogen-bond acceptors (Lipinski definition) is 6. The number of thioether (sulfide) groups is 1. The molecule has 0 bridgehead atoms. The molecule has 0 atom stereocenters. The van der Waals surface area contributed by atoms with Crippen LogP contribution in [0.5, 0.6) is 5.75 Å². The molecule has 2 aromatic heterocycles. The molecule has 7 heteroatoms. The molecule has 0 aliphatic rings. The van der Waals surface area contributed by atoms with Gasteiger partial charge in [0.05, 0.1) is 18.6 Å². The summed E-state index contributed by atoms with van der Waals surface area (Å²) in [5.74, 6) is 1.93. The lowest BCUT2D eigenvalue weighted by Gasteiger charge is -2.03. The molecular weight excluding hydrogens is 366 g/mol. The number of thiazole rings is 1. The van der Waals surface area contributed by atoms with E-state index in [0.717, 1.165) is 33.2 Å². The standard InChI is InChI=1S/C19H19N3O2S2/c1-13-18(15-3-5-16(24-2)6-4-15)22-19(26-13)21-17(23)12-25-11-14-7-9-20-10-8-14/h3-10H,11-12H2,1-2H3,(H,21,22,23). The molecule has 0 aliphatic heterocycles. The minimum absolute atomic E-state index is 0.0425. The molecule has 1 amide bonds. The van der Waals surface area contributed by atoms with Crippen molar-refractivity contribution < 1.29 is 9.53 Å². The van der Waals surface area contributed by atoms with E-state index in [2.05, 4.69) is 15.3 Å². The summed E-state index contributed by atoms with van der Waals surface area (Å²) in [6, 6.07) is 11.7. The summed E-state index contributed by atoms with van der Waals surface area (Å²) < 4.78 is 5.18. The topological polar surface area (TPSA) is 64.1 Å². The number of rotatable bonds is 7. The van der Waals surface area contributed by atoms with Crippen molar-refractivity contribution in [2.75, 3.05) is 18.2 Å². The van der Waals surface area contributed by atoms with Crippen LogP contribution in [0.15, 0.2) is 48.8 Å². The van der Waals surface area contributed by atoms with Gasteiger partial charge >= 0.3 is 0 Å². The van der Waals surface area contributed by atoms with Crippen molar-refractivity contribution in [1.82, 2.24) is 9.97 Å². The summed E-state index contributed by atoms with van der Waals surface area (Å²) >= 11 is 3.05. The summed E-state index contributed by atoms with van der Waals surface area (Å²) in [6.45, 7) is 2.01. The molecule has 0 aliphatic carbocycles. The van der Waals surface area contributed by atoms with E-state index >= 15 is 0 Å². The number of carbonyl (C=O) groups excluding carboxylic acids is 1. The number of pyridine rings is 1. The number of benzene rings is 1. The van der Waals surface area contributed by atoms with Gasteiger partial charge in [0.1, 0.15) is 5.75 Å². The number of hydrogen-bond donors (Lipinski definition) is 1. The van der Waals surface area contributed by atoms with Gasteiger partial charge in [0.2, 0.25) is 5.91 Å². The van der Waals surface area contributed by atoms with Crippen LogP contribution in [0.2, 0.25) is 0 Å². The Morgan fingerprint density at radius 2 is 1.92 bits per heavy atom. The molecule has 0 unspecified atom stereocenters. The number of anilines is 1. The van der Waals surface area contributed by atoms with E-state index in [1.165, 1.54) is 11.3 Å². The van der Waals surface area contributed by atoms with Crippen molar-refractivity contribution >= 4 is 34.1 Å². The predicted octanol–water partition coefficient (Wildman–Crippen LogP) is 4.39. The van der Waals surface area contributed by atoms with Crippen LogP contribution in [-0.2, 0) is 10.5 Å². The first kappa shape index (κ1) is 18.4. The summed E-state index contributed by atoms with van der Waals surface area (Å²) in [5, 5.41) is 3.52. The first-order chi connectivity index (χ1) is 12.7. The maximum Gasteiger partial charge on any atom is 0.236 e. The van der Waals surface area contributed by atoms with E-state index in [0.29, 0.717) is 10.9 Å². The normalized spacial score (nSPS) is 10.5. The van der Waals surface area contributed by atoms with Crippen molar-refractivity contribution in [2.24, 2.45) is 0 Å². The van der Waals surface area contributed by atoms with E-state index in [1.54, 1.807) is 31.3 Å². The molecule has 1 N–H and O–H groups in total. The van der Waals surface area contributed by atoms with Crippen molar-refractivity contribution in [3.63, 3.8) is 0 Å². The van der Waals surface area contributed by atoms with Crippen LogP contribution in [-0.4, -0.2) is 28.7 Å². The van der Waals surface area contributed by atoms with Crippen LogP contribution >= 0.6 is 23.1 Å². The summed E-state index contributed by atoms with van der Waals surface area (Å²) in [5.41, 5.74) is 3.05. The zero-order chi connectivity index (χ0) is 18.4. The number of nitrogens with zero attached hydrogens (tertiary/aromatic N) is 2. The Balaban J connectivity index is 1.57. The minimum Gasteiger partial charge on any atom is -0.497 e. The highest BCUT2D eigenvalue weighted by Crippen LogP contribution is 2.31. The van der Waals surface area contributed by atoms with Crippen LogP contribution < -0.4 is 10.1 Å². The predicted molar refractivity (Wildman–Crippen MR) is 108 cm³/mol. The van der Waals surface area contributed by atoms with Gasteiger partial charge in [-0.25, -0.2) is 4.98 Å². The van der Waals surface area contributed by atoms with Crippen LogP contribution in [0.3, 0.4) is 0 Å². The van der Waals surface area contributed by atoms with E-state index in [-0.39, 0.29) is 5.91 Å². The van der Waals surface area contributed by atoms with Gasteiger partial charge in [-0.15, -0.1) is 23.1 Å². The molecular formula is C19H19N3O2S2. The molecule has 0 saturated carbocycles. The first-order valence-electron chi connectivity index (χ1n) is 8.04. The average Bonchev–Trinajstić information content (AvgIpc) is 3.02. The molecule has 0 fully saturated rings. The van der Waals surface area contributed by atoms with E-state index < -0.39 is 0 Å². The van der Waals surface area contributed by atoms with Crippen LogP contribution in [0.4, 0.5) is 5.13 Å². The third kappa shape index (κ3) is 4.83. The summed E-state index contributed by atoms with van der Waals surface area (Å²) in [4.78, 5) is 21.8. The second kappa shape index (κ2) is 8.82. The van der Waals surface area contributed by atoms with E-state index in [9.17, 15) is 4.79 Å². The van der Waals surface area contributed by atoms with Crippen molar-refractivity contribution in [3.8, 4) is 17.0 Å². The smallest absolute Gasteiger partial charge is 0.236 e. The minimum atomic E-state index is -0.0425. The Bertz CT molecular complexity index is 864. The first-order valence-corrected chi connectivity index (χ1v) is 10.0. The molecule has 26 heavy (non-hydrogen) atoms. The number of amides is 1. The third-order valence-corrected chi connectivity index (χ3v) is 5.55. The number of nitrogens with one attached hydrogen (secondary N) is 1. The Morgan fingerprint density at radius 3 is 2.62 bits per heavy atom. The van der Waals surface area contributed by atoms with Gasteiger partial charge in [-0.2, -0.15) is 0 Å². The number of methoxy groups -OCH3 is 1. The molecule has 0 saturated heterocycles. The van der Waals surface area contributed by atoms with E-state index in [4.69, 9.17) is 4.74 Å². The lowest BCUT2D eigenvalue weighted by molar-refractivity contribution is -0.113. The zero-order valence-corrected chi connectivity index (χ0v) is 16.2. The van der Waals surface area contributed by atoms with Crippen LogP contribution in [0.25, 0.3) is 11.3 Å². The van der Waals surface area contributed by atoms with Crippen molar-refractivity contribution in [2.45, 2.75) is 12.7 Å². The molecule has 3 rings (SSSR count). The fraction of sp³-hybridized carbons (Fsp3) is 0.211. The molecule has 1 aromatic carbocycles. The van der Waals surface area contributed by atoms with Gasteiger partial charge in [-0.1, -0.05) is 0 Å². The Hall–Kier alpha value is -2.38.